The molecular formula is C24H27FN4O3S. The molecule has 0 fully saturated rings. The maximum atomic E-state index is 13.9. The molecule has 3 aromatic rings. The standard InChI is InChI=1S/C24H27FN4O3S/c1-28(15-17-9-4-6-11-19(17)25)22(31)16-33-24-27-20-12-7-5-10-18(20)23(32)29(24)14-8-2-3-13-21(26)30/h4-7,9-12H,2-3,8,13-16H2,1H3,(H2,26,30). The lowest BCUT2D eigenvalue weighted by molar-refractivity contribution is -0.127. The summed E-state index contributed by atoms with van der Waals surface area (Å²) in [5, 5.41) is 0.975. The Morgan fingerprint density at radius 1 is 1.09 bits per heavy atom. The lowest BCUT2D eigenvalue weighted by Crippen LogP contribution is -2.29. The Balaban J connectivity index is 1.72. The van der Waals surface area contributed by atoms with Gasteiger partial charge in [-0.3, -0.25) is 19.0 Å². The molecule has 33 heavy (non-hydrogen) atoms. The van der Waals surface area contributed by atoms with Crippen LogP contribution in [-0.2, 0) is 22.7 Å². The molecule has 0 radical (unpaired) electrons. The van der Waals surface area contributed by atoms with Crippen molar-refractivity contribution < 1.29 is 14.0 Å². The van der Waals surface area contributed by atoms with Crippen molar-refractivity contribution in [3.63, 3.8) is 0 Å². The van der Waals surface area contributed by atoms with Crippen LogP contribution in [0.15, 0.2) is 58.5 Å². The summed E-state index contributed by atoms with van der Waals surface area (Å²) in [6.45, 7) is 0.584. The van der Waals surface area contributed by atoms with Crippen molar-refractivity contribution in [3.8, 4) is 0 Å². The van der Waals surface area contributed by atoms with Crippen molar-refractivity contribution in [2.75, 3.05) is 12.8 Å². The molecule has 0 saturated carbocycles. The van der Waals surface area contributed by atoms with Crippen molar-refractivity contribution >= 4 is 34.5 Å². The second-order valence-electron chi connectivity index (χ2n) is 7.78. The van der Waals surface area contributed by atoms with Gasteiger partial charge in [0.25, 0.3) is 5.56 Å². The number of hydrogen-bond acceptors (Lipinski definition) is 5. The average molecular weight is 471 g/mol. The normalized spacial score (nSPS) is 11.0. The Morgan fingerprint density at radius 2 is 1.82 bits per heavy atom. The van der Waals surface area contributed by atoms with Gasteiger partial charge in [0.05, 0.1) is 16.7 Å². The molecule has 0 bridgehead atoms. The first-order valence-corrected chi connectivity index (χ1v) is 11.7. The summed E-state index contributed by atoms with van der Waals surface area (Å²) in [6.07, 6.45) is 2.40. The topological polar surface area (TPSA) is 98.3 Å². The number of thioether (sulfide) groups is 1. The SMILES string of the molecule is CN(Cc1ccccc1F)C(=O)CSc1nc2ccccc2c(=O)n1CCCCCC(N)=O. The van der Waals surface area contributed by atoms with Crippen LogP contribution in [0.1, 0.15) is 31.2 Å². The monoisotopic (exact) mass is 470 g/mol. The predicted molar refractivity (Wildman–Crippen MR) is 127 cm³/mol. The Labute approximate surface area is 195 Å². The summed E-state index contributed by atoms with van der Waals surface area (Å²) in [5.74, 6) is -0.823. The number of amides is 2. The predicted octanol–water partition coefficient (Wildman–Crippen LogP) is 3.33. The number of halogens is 1. The van der Waals surface area contributed by atoms with Gasteiger partial charge in [-0.15, -0.1) is 0 Å². The molecule has 2 amide bonds. The van der Waals surface area contributed by atoms with Crippen LogP contribution in [0.3, 0.4) is 0 Å². The maximum absolute atomic E-state index is 13.9. The van der Waals surface area contributed by atoms with Crippen LogP contribution in [0.5, 0.6) is 0 Å². The van der Waals surface area contributed by atoms with E-state index in [0.717, 1.165) is 6.42 Å². The summed E-state index contributed by atoms with van der Waals surface area (Å²) in [7, 11) is 1.62. The minimum Gasteiger partial charge on any atom is -0.370 e. The van der Waals surface area contributed by atoms with E-state index in [4.69, 9.17) is 5.73 Å². The van der Waals surface area contributed by atoms with Gasteiger partial charge in [-0.05, 0) is 31.0 Å². The van der Waals surface area contributed by atoms with Gasteiger partial charge < -0.3 is 10.6 Å². The zero-order valence-electron chi connectivity index (χ0n) is 18.5. The van der Waals surface area contributed by atoms with Gasteiger partial charge >= 0.3 is 0 Å². The first-order chi connectivity index (χ1) is 15.9. The molecule has 174 valence electrons. The first kappa shape index (κ1) is 24.4. The van der Waals surface area contributed by atoms with Gasteiger partial charge in [-0.1, -0.05) is 48.5 Å². The number of unbranched alkanes of at least 4 members (excludes halogenated alkanes) is 2. The third-order valence-corrected chi connectivity index (χ3v) is 6.21. The largest absolute Gasteiger partial charge is 0.370 e. The number of nitrogens with two attached hydrogens (primary N) is 1. The Morgan fingerprint density at radius 3 is 2.58 bits per heavy atom. The lowest BCUT2D eigenvalue weighted by atomic mass is 10.2. The molecule has 1 aromatic heterocycles. The minimum atomic E-state index is -0.355. The van der Waals surface area contributed by atoms with Gasteiger partial charge in [-0.25, -0.2) is 9.37 Å². The maximum Gasteiger partial charge on any atom is 0.262 e. The van der Waals surface area contributed by atoms with Crippen LogP contribution in [0.2, 0.25) is 0 Å². The smallest absolute Gasteiger partial charge is 0.262 e. The third kappa shape index (κ3) is 6.64. The molecule has 2 N–H and O–H groups in total. The Bertz CT molecular complexity index is 1200. The Kier molecular flexibility index (Phi) is 8.59. The van der Waals surface area contributed by atoms with E-state index in [9.17, 15) is 18.8 Å². The Hall–Kier alpha value is -3.20. The van der Waals surface area contributed by atoms with Crippen molar-refractivity contribution in [3.05, 3.63) is 70.3 Å². The van der Waals surface area contributed by atoms with Gasteiger partial charge in [0.15, 0.2) is 5.16 Å². The number of benzene rings is 2. The number of rotatable bonds is 11. The second kappa shape index (κ2) is 11.6. The minimum absolute atomic E-state index is 0.0669. The van der Waals surface area contributed by atoms with Crippen LogP contribution >= 0.6 is 11.8 Å². The highest BCUT2D eigenvalue weighted by molar-refractivity contribution is 7.99. The number of aromatic nitrogens is 2. The molecule has 0 aliphatic carbocycles. The summed E-state index contributed by atoms with van der Waals surface area (Å²) >= 11 is 1.19. The quantitative estimate of drug-likeness (QED) is 0.263. The van der Waals surface area contributed by atoms with E-state index < -0.39 is 0 Å². The van der Waals surface area contributed by atoms with E-state index in [-0.39, 0.29) is 35.5 Å². The van der Waals surface area contributed by atoms with Crippen LogP contribution < -0.4 is 11.3 Å². The van der Waals surface area contributed by atoms with E-state index in [1.54, 1.807) is 48.0 Å². The fourth-order valence-electron chi connectivity index (χ4n) is 3.41. The van der Waals surface area contributed by atoms with E-state index in [0.29, 0.717) is 47.4 Å². The molecule has 0 unspecified atom stereocenters. The van der Waals surface area contributed by atoms with E-state index in [1.165, 1.54) is 22.7 Å². The fourth-order valence-corrected chi connectivity index (χ4v) is 4.37. The zero-order valence-corrected chi connectivity index (χ0v) is 19.3. The molecule has 0 spiro atoms. The molecule has 0 aliphatic heterocycles. The molecule has 7 nitrogen and oxygen atoms in total. The highest BCUT2D eigenvalue weighted by atomic mass is 32.2. The van der Waals surface area contributed by atoms with Gasteiger partial charge in [0, 0.05) is 32.1 Å². The van der Waals surface area contributed by atoms with E-state index in [2.05, 4.69) is 4.98 Å². The first-order valence-electron chi connectivity index (χ1n) is 10.7. The summed E-state index contributed by atoms with van der Waals surface area (Å²) < 4.78 is 15.5. The van der Waals surface area contributed by atoms with Crippen molar-refractivity contribution in [2.24, 2.45) is 5.73 Å². The van der Waals surface area contributed by atoms with E-state index >= 15 is 0 Å². The second-order valence-corrected chi connectivity index (χ2v) is 8.72. The number of carbonyl (C=O) groups is 2. The lowest BCUT2D eigenvalue weighted by Gasteiger charge is -2.18. The molecule has 0 aliphatic rings. The van der Waals surface area contributed by atoms with Crippen LogP contribution in [-0.4, -0.2) is 39.1 Å². The highest BCUT2D eigenvalue weighted by Crippen LogP contribution is 2.20. The molecule has 3 rings (SSSR count). The number of primary amides is 1. The molecule has 9 heteroatoms. The summed E-state index contributed by atoms with van der Waals surface area (Å²) in [4.78, 5) is 42.7. The molecule has 2 aromatic carbocycles. The number of para-hydroxylation sites is 1. The molecule has 0 saturated heterocycles. The summed E-state index contributed by atoms with van der Waals surface area (Å²) in [5.41, 5.74) is 6.03. The highest BCUT2D eigenvalue weighted by Gasteiger charge is 2.16. The van der Waals surface area contributed by atoms with Crippen LogP contribution in [0.4, 0.5) is 4.39 Å². The fraction of sp³-hybridized carbons (Fsp3) is 0.333. The van der Waals surface area contributed by atoms with Crippen molar-refractivity contribution in [1.82, 2.24) is 14.5 Å². The number of fused-ring (bicyclic) bond motifs is 1. The zero-order chi connectivity index (χ0) is 23.8. The molecular weight excluding hydrogens is 443 g/mol. The molecule has 0 atom stereocenters. The van der Waals surface area contributed by atoms with E-state index in [1.807, 2.05) is 6.07 Å². The number of nitrogens with zero attached hydrogens (tertiary/aromatic N) is 3. The average Bonchev–Trinajstić information content (AvgIpc) is 2.80. The number of carbonyl (C=O) groups excluding carboxylic acids is 2. The van der Waals surface area contributed by atoms with Crippen molar-refractivity contribution in [1.29, 1.82) is 0 Å². The van der Waals surface area contributed by atoms with Gasteiger partial charge in [0.2, 0.25) is 11.8 Å². The third-order valence-electron chi connectivity index (χ3n) is 5.25. The summed E-state index contributed by atoms with van der Waals surface area (Å²) in [6, 6.07) is 13.4. The number of hydrogen-bond donors (Lipinski definition) is 1. The van der Waals surface area contributed by atoms with Gasteiger partial charge in [-0.2, -0.15) is 0 Å². The molecule has 1 heterocycles. The van der Waals surface area contributed by atoms with Crippen LogP contribution in [0, 0.1) is 5.82 Å². The van der Waals surface area contributed by atoms with Crippen LogP contribution in [0.25, 0.3) is 10.9 Å². The van der Waals surface area contributed by atoms with Gasteiger partial charge in [0.1, 0.15) is 5.82 Å². The van der Waals surface area contributed by atoms with Crippen molar-refractivity contribution in [2.45, 2.75) is 43.9 Å².